The molecule has 0 saturated heterocycles. The molecule has 21 heavy (non-hydrogen) atoms. The standard InChI is InChI=1S/C17H26N2O2/c1-13(14-8-4-3-5-9-14)18-12-17(20)19-15-10-6-7-11-16(15)21-2/h6-7,10-11,13-14,18H,3-5,8-9,12H2,1-2H3,(H,19,20)/t13-/m0/s1. The molecule has 4 nitrogen and oxygen atoms in total. The quantitative estimate of drug-likeness (QED) is 0.846. The highest BCUT2D eigenvalue weighted by Crippen LogP contribution is 2.26. The van der Waals surface area contributed by atoms with Crippen LogP contribution in [-0.2, 0) is 4.79 Å². The van der Waals surface area contributed by atoms with E-state index in [2.05, 4.69) is 17.6 Å². The fourth-order valence-corrected chi connectivity index (χ4v) is 3.00. The number of nitrogens with one attached hydrogen (secondary N) is 2. The molecule has 1 fully saturated rings. The Hall–Kier alpha value is -1.55. The molecule has 0 aromatic heterocycles. The first-order chi connectivity index (χ1) is 10.2. The zero-order valence-electron chi connectivity index (χ0n) is 13.0. The van der Waals surface area contributed by atoms with Crippen LogP contribution in [0.25, 0.3) is 0 Å². The van der Waals surface area contributed by atoms with Crippen molar-refractivity contribution < 1.29 is 9.53 Å². The van der Waals surface area contributed by atoms with Crippen molar-refractivity contribution in [1.29, 1.82) is 0 Å². The first-order valence-electron chi connectivity index (χ1n) is 7.87. The second-order valence-electron chi connectivity index (χ2n) is 5.82. The predicted octanol–water partition coefficient (Wildman–Crippen LogP) is 3.19. The molecular formula is C17H26N2O2. The Morgan fingerprint density at radius 2 is 2.00 bits per heavy atom. The van der Waals surface area contributed by atoms with E-state index >= 15 is 0 Å². The molecular weight excluding hydrogens is 264 g/mol. The van der Waals surface area contributed by atoms with Crippen LogP contribution in [0.15, 0.2) is 24.3 Å². The molecule has 4 heteroatoms. The normalized spacial score (nSPS) is 17.2. The lowest BCUT2D eigenvalue weighted by Crippen LogP contribution is -2.39. The highest BCUT2D eigenvalue weighted by atomic mass is 16.5. The van der Waals surface area contributed by atoms with Gasteiger partial charge in [0.1, 0.15) is 5.75 Å². The van der Waals surface area contributed by atoms with Gasteiger partial charge in [-0.2, -0.15) is 0 Å². The third kappa shape index (κ3) is 4.74. The Kier molecular flexibility index (Phi) is 6.05. The molecule has 0 aliphatic heterocycles. The molecule has 2 N–H and O–H groups in total. The lowest BCUT2D eigenvalue weighted by molar-refractivity contribution is -0.115. The van der Waals surface area contributed by atoms with Gasteiger partial charge in [-0.3, -0.25) is 4.79 Å². The number of hydrogen-bond donors (Lipinski definition) is 2. The number of methoxy groups -OCH3 is 1. The van der Waals surface area contributed by atoms with E-state index in [1.165, 1.54) is 32.1 Å². The second-order valence-corrected chi connectivity index (χ2v) is 5.82. The summed E-state index contributed by atoms with van der Waals surface area (Å²) in [6.07, 6.45) is 6.57. The van der Waals surface area contributed by atoms with E-state index in [4.69, 9.17) is 4.74 Å². The van der Waals surface area contributed by atoms with Gasteiger partial charge in [0.05, 0.1) is 19.3 Å². The number of carbonyl (C=O) groups is 1. The van der Waals surface area contributed by atoms with E-state index in [0.29, 0.717) is 24.3 Å². The number of ether oxygens (including phenoxy) is 1. The molecule has 116 valence electrons. The third-order valence-electron chi connectivity index (χ3n) is 4.32. The number of hydrogen-bond acceptors (Lipinski definition) is 3. The highest BCUT2D eigenvalue weighted by molar-refractivity contribution is 5.93. The van der Waals surface area contributed by atoms with E-state index in [9.17, 15) is 4.79 Å². The minimum Gasteiger partial charge on any atom is -0.495 e. The fourth-order valence-electron chi connectivity index (χ4n) is 3.00. The maximum absolute atomic E-state index is 12.0. The van der Waals surface area contributed by atoms with Gasteiger partial charge in [0.2, 0.25) is 5.91 Å². The summed E-state index contributed by atoms with van der Waals surface area (Å²) in [6, 6.07) is 7.86. The van der Waals surface area contributed by atoms with Crippen LogP contribution in [0.4, 0.5) is 5.69 Å². The van der Waals surface area contributed by atoms with Crippen LogP contribution in [-0.4, -0.2) is 25.6 Å². The number of para-hydroxylation sites is 2. The molecule has 0 radical (unpaired) electrons. The molecule has 0 unspecified atom stereocenters. The van der Waals surface area contributed by atoms with Crippen LogP contribution >= 0.6 is 0 Å². The van der Waals surface area contributed by atoms with Crippen LogP contribution in [0.3, 0.4) is 0 Å². The fraction of sp³-hybridized carbons (Fsp3) is 0.588. The van der Waals surface area contributed by atoms with E-state index in [-0.39, 0.29) is 5.91 Å². The topological polar surface area (TPSA) is 50.4 Å². The zero-order chi connectivity index (χ0) is 15.1. The van der Waals surface area contributed by atoms with Gasteiger partial charge >= 0.3 is 0 Å². The molecule has 0 bridgehead atoms. The van der Waals surface area contributed by atoms with Crippen LogP contribution in [0.2, 0.25) is 0 Å². The van der Waals surface area contributed by atoms with Gasteiger partial charge < -0.3 is 15.4 Å². The minimum atomic E-state index is -0.0258. The Labute approximate surface area is 127 Å². The second kappa shape index (κ2) is 8.03. The summed E-state index contributed by atoms with van der Waals surface area (Å²) in [4.78, 5) is 12.0. The maximum Gasteiger partial charge on any atom is 0.238 e. The molecule has 1 aliphatic rings. The highest BCUT2D eigenvalue weighted by Gasteiger charge is 2.20. The number of rotatable bonds is 6. The molecule has 1 amide bonds. The van der Waals surface area contributed by atoms with Crippen LogP contribution in [0, 0.1) is 5.92 Å². The van der Waals surface area contributed by atoms with Crippen LogP contribution in [0.5, 0.6) is 5.75 Å². The monoisotopic (exact) mass is 290 g/mol. The van der Waals surface area contributed by atoms with Gasteiger partial charge in [0.15, 0.2) is 0 Å². The summed E-state index contributed by atoms with van der Waals surface area (Å²) >= 11 is 0. The van der Waals surface area contributed by atoms with Crippen molar-refractivity contribution in [2.45, 2.75) is 45.1 Å². The predicted molar refractivity (Wildman–Crippen MR) is 85.7 cm³/mol. The number of anilines is 1. The Morgan fingerprint density at radius 3 is 2.71 bits per heavy atom. The summed E-state index contributed by atoms with van der Waals surface area (Å²) in [7, 11) is 1.61. The maximum atomic E-state index is 12.0. The van der Waals surface area contributed by atoms with Gasteiger partial charge in [-0.15, -0.1) is 0 Å². The van der Waals surface area contributed by atoms with Gasteiger partial charge in [0, 0.05) is 6.04 Å². The van der Waals surface area contributed by atoms with Crippen molar-refractivity contribution in [2.24, 2.45) is 5.92 Å². The smallest absolute Gasteiger partial charge is 0.238 e. The van der Waals surface area contributed by atoms with Crippen molar-refractivity contribution in [2.75, 3.05) is 19.0 Å². The van der Waals surface area contributed by atoms with E-state index in [0.717, 1.165) is 5.69 Å². The summed E-state index contributed by atoms with van der Waals surface area (Å²) in [5, 5.41) is 6.25. The SMILES string of the molecule is COc1ccccc1NC(=O)CN[C@@H](C)C1CCCCC1. The lowest BCUT2D eigenvalue weighted by atomic mass is 9.84. The van der Waals surface area contributed by atoms with E-state index in [1.54, 1.807) is 7.11 Å². The zero-order valence-corrected chi connectivity index (χ0v) is 13.0. The van der Waals surface area contributed by atoms with Gasteiger partial charge in [-0.25, -0.2) is 0 Å². The molecule has 0 spiro atoms. The Balaban J connectivity index is 1.79. The third-order valence-corrected chi connectivity index (χ3v) is 4.32. The van der Waals surface area contributed by atoms with Gasteiger partial charge in [0.25, 0.3) is 0 Å². The lowest BCUT2D eigenvalue weighted by Gasteiger charge is -2.28. The minimum absolute atomic E-state index is 0.0258. The number of benzene rings is 1. The van der Waals surface area contributed by atoms with E-state index < -0.39 is 0 Å². The Bertz CT molecular complexity index is 456. The molecule has 1 aromatic carbocycles. The Morgan fingerprint density at radius 1 is 1.29 bits per heavy atom. The average molecular weight is 290 g/mol. The van der Waals surface area contributed by atoms with Crippen molar-refractivity contribution >= 4 is 11.6 Å². The van der Waals surface area contributed by atoms with Crippen LogP contribution in [0.1, 0.15) is 39.0 Å². The largest absolute Gasteiger partial charge is 0.495 e. The van der Waals surface area contributed by atoms with Gasteiger partial charge in [-0.1, -0.05) is 31.4 Å². The van der Waals surface area contributed by atoms with Crippen molar-refractivity contribution in [1.82, 2.24) is 5.32 Å². The molecule has 1 atom stereocenters. The summed E-state index contributed by atoms with van der Waals surface area (Å²) in [5.74, 6) is 1.37. The molecule has 2 rings (SSSR count). The van der Waals surface area contributed by atoms with Gasteiger partial charge in [-0.05, 0) is 37.8 Å². The number of carbonyl (C=O) groups excluding carboxylic acids is 1. The summed E-state index contributed by atoms with van der Waals surface area (Å²) in [6.45, 7) is 2.53. The molecule has 0 heterocycles. The van der Waals surface area contributed by atoms with Crippen molar-refractivity contribution in [3.05, 3.63) is 24.3 Å². The molecule has 1 aliphatic carbocycles. The summed E-state index contributed by atoms with van der Waals surface area (Å²) < 4.78 is 5.23. The average Bonchev–Trinajstić information content (AvgIpc) is 2.54. The summed E-state index contributed by atoms with van der Waals surface area (Å²) in [5.41, 5.74) is 0.720. The first kappa shape index (κ1) is 15.8. The van der Waals surface area contributed by atoms with Crippen molar-refractivity contribution in [3.63, 3.8) is 0 Å². The van der Waals surface area contributed by atoms with Crippen molar-refractivity contribution in [3.8, 4) is 5.75 Å². The molecule has 1 saturated carbocycles. The molecule has 1 aromatic rings. The van der Waals surface area contributed by atoms with Crippen LogP contribution < -0.4 is 15.4 Å². The first-order valence-corrected chi connectivity index (χ1v) is 7.87. The number of amides is 1. The van der Waals surface area contributed by atoms with E-state index in [1.807, 2.05) is 24.3 Å².